The normalized spacial score (nSPS) is 14.6. The Balaban J connectivity index is 4.07. The molecule has 1 N–H and O–H groups in total. The van der Waals surface area contributed by atoms with Gasteiger partial charge in [-0.1, -0.05) is 6.58 Å². The van der Waals surface area contributed by atoms with Gasteiger partial charge in [0.15, 0.2) is 0 Å². The van der Waals surface area contributed by atoms with Crippen LogP contribution in [0, 0.1) is 0 Å². The number of carbonyl (C=O) groups is 1. The zero-order valence-corrected chi connectivity index (χ0v) is 9.35. The van der Waals surface area contributed by atoms with Crippen molar-refractivity contribution in [3.05, 3.63) is 12.2 Å². The molecule has 0 bridgehead atoms. The number of rotatable bonds is 6. The fourth-order valence-corrected chi connectivity index (χ4v) is 0.853. The zero-order valence-electron chi connectivity index (χ0n) is 9.35. The van der Waals surface area contributed by atoms with Crippen molar-refractivity contribution in [2.75, 3.05) is 27.4 Å². The van der Waals surface area contributed by atoms with Gasteiger partial charge < -0.3 is 14.8 Å². The van der Waals surface area contributed by atoms with Crippen molar-refractivity contribution >= 4 is 5.97 Å². The van der Waals surface area contributed by atoms with Gasteiger partial charge in [0.05, 0.1) is 12.1 Å². The van der Waals surface area contributed by atoms with Crippen molar-refractivity contribution in [3.8, 4) is 0 Å². The Morgan fingerprint density at radius 1 is 1.50 bits per heavy atom. The Morgan fingerprint density at radius 3 is 2.43 bits per heavy atom. The first-order valence-electron chi connectivity index (χ1n) is 4.45. The fraction of sp³-hybridized carbons (Fsp3) is 0.700. The lowest BCUT2D eigenvalue weighted by Crippen LogP contribution is -2.48. The summed E-state index contributed by atoms with van der Waals surface area (Å²) in [7, 11) is 3.41. The molecule has 0 aromatic rings. The molecule has 1 atom stereocenters. The first-order chi connectivity index (χ1) is 6.45. The lowest BCUT2D eigenvalue weighted by Gasteiger charge is -2.27. The largest absolute Gasteiger partial charge is 0.460 e. The second-order valence-corrected chi connectivity index (χ2v) is 3.60. The van der Waals surface area contributed by atoms with E-state index in [1.165, 1.54) is 0 Å². The highest BCUT2D eigenvalue weighted by Gasteiger charge is 2.24. The molecular weight excluding hydrogens is 182 g/mol. The van der Waals surface area contributed by atoms with E-state index >= 15 is 0 Å². The summed E-state index contributed by atoms with van der Waals surface area (Å²) in [5.41, 5.74) is 0.0562. The summed E-state index contributed by atoms with van der Waals surface area (Å²) in [6.07, 6.45) is 0. The summed E-state index contributed by atoms with van der Waals surface area (Å²) in [6.45, 7) is 7.79. The lowest BCUT2D eigenvalue weighted by atomic mass is 10.1. The van der Waals surface area contributed by atoms with E-state index in [1.807, 2.05) is 6.92 Å². The Kier molecular flexibility index (Phi) is 5.42. The maximum Gasteiger partial charge on any atom is 0.333 e. The van der Waals surface area contributed by atoms with Crippen molar-refractivity contribution in [1.82, 2.24) is 5.32 Å². The van der Waals surface area contributed by atoms with Crippen molar-refractivity contribution < 1.29 is 14.3 Å². The molecule has 0 amide bonds. The summed E-state index contributed by atoms with van der Waals surface area (Å²) in [5, 5.41) is 3.04. The molecule has 0 fully saturated rings. The molecule has 14 heavy (non-hydrogen) atoms. The van der Waals surface area contributed by atoms with Crippen LogP contribution >= 0.6 is 0 Å². The van der Waals surface area contributed by atoms with Crippen molar-refractivity contribution in [2.45, 2.75) is 19.4 Å². The van der Waals surface area contributed by atoms with Gasteiger partial charge in [0.2, 0.25) is 0 Å². The monoisotopic (exact) mass is 201 g/mol. The number of methoxy groups -OCH3 is 1. The predicted octanol–water partition coefficient (Wildman–Crippen LogP) is 0.730. The average Bonchev–Trinajstić information content (AvgIpc) is 2.14. The second kappa shape index (κ2) is 5.78. The van der Waals surface area contributed by atoms with Crippen molar-refractivity contribution in [2.24, 2.45) is 0 Å². The van der Waals surface area contributed by atoms with E-state index in [9.17, 15) is 4.79 Å². The van der Waals surface area contributed by atoms with Crippen LogP contribution in [0.4, 0.5) is 0 Å². The van der Waals surface area contributed by atoms with Crippen LogP contribution in [0.2, 0.25) is 0 Å². The van der Waals surface area contributed by atoms with Crippen LogP contribution in [-0.4, -0.2) is 38.9 Å². The van der Waals surface area contributed by atoms with E-state index in [4.69, 9.17) is 9.47 Å². The van der Waals surface area contributed by atoms with Crippen LogP contribution in [0.3, 0.4) is 0 Å². The van der Waals surface area contributed by atoms with Crippen LogP contribution in [0.15, 0.2) is 12.2 Å². The smallest absolute Gasteiger partial charge is 0.333 e. The number of likely N-dealkylation sites (N-methyl/N-ethyl adjacent to an activating group) is 1. The third-order valence-corrected chi connectivity index (χ3v) is 1.94. The predicted molar refractivity (Wildman–Crippen MR) is 55.1 cm³/mol. The van der Waals surface area contributed by atoms with Gasteiger partial charge in [-0.25, -0.2) is 4.79 Å². The molecule has 0 radical (unpaired) electrons. The van der Waals surface area contributed by atoms with Gasteiger partial charge in [0.1, 0.15) is 6.61 Å². The Morgan fingerprint density at radius 2 is 2.07 bits per heavy atom. The van der Waals surface area contributed by atoms with E-state index in [0.29, 0.717) is 12.2 Å². The van der Waals surface area contributed by atoms with E-state index in [-0.39, 0.29) is 18.1 Å². The molecule has 4 nitrogen and oxygen atoms in total. The van der Waals surface area contributed by atoms with Gasteiger partial charge in [-0.15, -0.1) is 0 Å². The Hall–Kier alpha value is -0.870. The fourth-order valence-electron chi connectivity index (χ4n) is 0.853. The van der Waals surface area contributed by atoms with Crippen LogP contribution in [-0.2, 0) is 14.3 Å². The first-order valence-corrected chi connectivity index (χ1v) is 4.45. The van der Waals surface area contributed by atoms with Crippen LogP contribution in [0.1, 0.15) is 13.8 Å². The molecule has 0 aliphatic heterocycles. The summed E-state index contributed by atoms with van der Waals surface area (Å²) in [4.78, 5) is 11.1. The van der Waals surface area contributed by atoms with Crippen LogP contribution in [0.25, 0.3) is 0 Å². The molecule has 0 aliphatic rings. The van der Waals surface area contributed by atoms with Gasteiger partial charge in [0.25, 0.3) is 0 Å². The standard InChI is InChI=1S/C10H19NO3/c1-8(2)9(12)14-7-10(3,11-4)6-13-5/h11H,1,6-7H2,2-5H3. The zero-order chi connectivity index (χ0) is 11.2. The third kappa shape index (κ3) is 4.39. The van der Waals surface area contributed by atoms with E-state index in [2.05, 4.69) is 11.9 Å². The minimum atomic E-state index is -0.373. The van der Waals surface area contributed by atoms with Gasteiger partial charge in [-0.3, -0.25) is 0 Å². The van der Waals surface area contributed by atoms with Gasteiger partial charge >= 0.3 is 5.97 Å². The SMILES string of the molecule is C=C(C)C(=O)OCC(C)(COC)NC. The molecule has 0 aromatic carbocycles. The van der Waals surface area contributed by atoms with Gasteiger partial charge in [0, 0.05) is 12.7 Å². The molecule has 0 aliphatic carbocycles. The number of hydrogen-bond acceptors (Lipinski definition) is 4. The number of carbonyl (C=O) groups excluding carboxylic acids is 1. The average molecular weight is 201 g/mol. The summed E-state index contributed by atoms with van der Waals surface area (Å²) < 4.78 is 10.0. The minimum absolute atomic E-state index is 0.267. The molecule has 0 heterocycles. The molecular formula is C10H19NO3. The lowest BCUT2D eigenvalue weighted by molar-refractivity contribution is -0.141. The topological polar surface area (TPSA) is 47.6 Å². The van der Waals surface area contributed by atoms with Crippen LogP contribution in [0.5, 0.6) is 0 Å². The van der Waals surface area contributed by atoms with Crippen molar-refractivity contribution in [3.63, 3.8) is 0 Å². The first kappa shape index (κ1) is 13.1. The molecule has 4 heteroatoms. The Labute approximate surface area is 85.3 Å². The maximum absolute atomic E-state index is 11.1. The molecule has 82 valence electrons. The number of esters is 1. The molecule has 0 saturated carbocycles. The summed E-state index contributed by atoms with van der Waals surface area (Å²) in [5.74, 6) is -0.373. The van der Waals surface area contributed by atoms with Gasteiger partial charge in [-0.2, -0.15) is 0 Å². The number of ether oxygens (including phenoxy) is 2. The number of nitrogens with one attached hydrogen (secondary N) is 1. The summed E-state index contributed by atoms with van der Waals surface area (Å²) >= 11 is 0. The van der Waals surface area contributed by atoms with E-state index in [1.54, 1.807) is 21.1 Å². The molecule has 0 spiro atoms. The minimum Gasteiger partial charge on any atom is -0.460 e. The van der Waals surface area contributed by atoms with Gasteiger partial charge in [-0.05, 0) is 20.9 Å². The highest BCUT2D eigenvalue weighted by molar-refractivity contribution is 5.86. The highest BCUT2D eigenvalue weighted by atomic mass is 16.5. The van der Waals surface area contributed by atoms with Crippen molar-refractivity contribution in [1.29, 1.82) is 0 Å². The maximum atomic E-state index is 11.1. The summed E-state index contributed by atoms with van der Waals surface area (Å²) in [6, 6.07) is 0. The molecule has 1 unspecified atom stereocenters. The van der Waals surface area contributed by atoms with Crippen LogP contribution < -0.4 is 5.32 Å². The highest BCUT2D eigenvalue weighted by Crippen LogP contribution is 2.05. The molecule has 0 aromatic heterocycles. The molecule has 0 rings (SSSR count). The number of hydrogen-bond donors (Lipinski definition) is 1. The second-order valence-electron chi connectivity index (χ2n) is 3.60. The van der Waals surface area contributed by atoms with E-state index in [0.717, 1.165) is 0 Å². The van der Waals surface area contributed by atoms with E-state index < -0.39 is 0 Å². The Bertz CT molecular complexity index is 215. The third-order valence-electron chi connectivity index (χ3n) is 1.94. The quantitative estimate of drug-likeness (QED) is 0.508. The molecule has 0 saturated heterocycles.